The third kappa shape index (κ3) is 6.31. The van der Waals surface area contributed by atoms with E-state index in [0.717, 1.165) is 12.0 Å². The maximum absolute atomic E-state index is 12.5. The Kier molecular flexibility index (Phi) is 7.33. The summed E-state index contributed by atoms with van der Waals surface area (Å²) in [5.74, 6) is -1.31. The lowest BCUT2D eigenvalue weighted by atomic mass is 10.00. The first-order valence-corrected chi connectivity index (χ1v) is 9.56. The van der Waals surface area contributed by atoms with Gasteiger partial charge in [-0.1, -0.05) is 66.7 Å². The zero-order chi connectivity index (χ0) is 21.2. The van der Waals surface area contributed by atoms with Gasteiger partial charge in [0.25, 0.3) is 5.91 Å². The summed E-state index contributed by atoms with van der Waals surface area (Å²) in [6.45, 7) is -0.548. The first kappa shape index (κ1) is 20.8. The molecule has 30 heavy (non-hydrogen) atoms. The van der Waals surface area contributed by atoms with Gasteiger partial charge in [-0.05, 0) is 42.2 Å². The van der Waals surface area contributed by atoms with Gasteiger partial charge in [-0.15, -0.1) is 0 Å². The first-order valence-electron chi connectivity index (χ1n) is 9.56. The zero-order valence-electron chi connectivity index (χ0n) is 16.3. The zero-order valence-corrected chi connectivity index (χ0v) is 16.3. The molecule has 0 aliphatic heterocycles. The van der Waals surface area contributed by atoms with Crippen LogP contribution < -0.4 is 10.6 Å². The van der Waals surface area contributed by atoms with Crippen molar-refractivity contribution < 1.29 is 19.1 Å². The van der Waals surface area contributed by atoms with E-state index in [1.54, 1.807) is 36.4 Å². The predicted octanol–water partition coefficient (Wildman–Crippen LogP) is 3.98. The van der Waals surface area contributed by atoms with Crippen molar-refractivity contribution in [1.82, 2.24) is 5.32 Å². The molecule has 0 spiro atoms. The Morgan fingerprint density at radius 2 is 1.37 bits per heavy atom. The van der Waals surface area contributed by atoms with E-state index >= 15 is 0 Å². The van der Waals surface area contributed by atoms with Crippen LogP contribution in [0.3, 0.4) is 0 Å². The van der Waals surface area contributed by atoms with Crippen LogP contribution in [0.4, 0.5) is 10.5 Å². The average molecular weight is 402 g/mol. The van der Waals surface area contributed by atoms with Crippen molar-refractivity contribution in [2.75, 3.05) is 11.9 Å². The number of imide groups is 1. The molecule has 6 nitrogen and oxygen atoms in total. The Labute approximate surface area is 174 Å². The standard InChI is InChI=1S/C24H22N2O4/c27-22(26-24(29)25-20-12-5-2-6-13-20)17-30-23(28)21-14-8-7-11-19(21)16-15-18-9-3-1-4-10-18/h1-14H,15-17H2,(H2,25,26,27,29). The van der Waals surface area contributed by atoms with Crippen molar-refractivity contribution in [3.63, 3.8) is 0 Å². The maximum atomic E-state index is 12.5. The highest BCUT2D eigenvalue weighted by molar-refractivity contribution is 6.02. The molecule has 0 atom stereocenters. The van der Waals surface area contributed by atoms with E-state index in [4.69, 9.17) is 4.74 Å². The predicted molar refractivity (Wildman–Crippen MR) is 114 cm³/mol. The van der Waals surface area contributed by atoms with E-state index < -0.39 is 24.5 Å². The molecule has 0 saturated heterocycles. The number of urea groups is 1. The van der Waals surface area contributed by atoms with Crippen LogP contribution in [0, 0.1) is 0 Å². The van der Waals surface area contributed by atoms with Crippen molar-refractivity contribution >= 4 is 23.6 Å². The smallest absolute Gasteiger partial charge is 0.338 e. The minimum Gasteiger partial charge on any atom is -0.452 e. The van der Waals surface area contributed by atoms with Crippen LogP contribution in [0.15, 0.2) is 84.9 Å². The summed E-state index contributed by atoms with van der Waals surface area (Å²) in [7, 11) is 0. The molecular weight excluding hydrogens is 380 g/mol. The van der Waals surface area contributed by atoms with Gasteiger partial charge in [-0.2, -0.15) is 0 Å². The molecule has 0 unspecified atom stereocenters. The number of ether oxygens (including phenoxy) is 1. The highest BCUT2D eigenvalue weighted by atomic mass is 16.5. The van der Waals surface area contributed by atoms with Crippen molar-refractivity contribution in [2.24, 2.45) is 0 Å². The fourth-order valence-corrected chi connectivity index (χ4v) is 2.92. The lowest BCUT2D eigenvalue weighted by molar-refractivity contribution is -0.123. The average Bonchev–Trinajstić information content (AvgIpc) is 2.77. The molecule has 0 aliphatic rings. The highest BCUT2D eigenvalue weighted by Crippen LogP contribution is 2.14. The second-order valence-corrected chi connectivity index (χ2v) is 6.59. The third-order valence-electron chi connectivity index (χ3n) is 4.38. The number of amides is 3. The molecule has 0 aromatic heterocycles. The van der Waals surface area contributed by atoms with Crippen LogP contribution in [0.5, 0.6) is 0 Å². The number of para-hydroxylation sites is 1. The van der Waals surface area contributed by atoms with Crippen LogP contribution in [0.25, 0.3) is 0 Å². The van der Waals surface area contributed by atoms with E-state index in [2.05, 4.69) is 10.6 Å². The van der Waals surface area contributed by atoms with Crippen molar-refractivity contribution in [2.45, 2.75) is 12.8 Å². The quantitative estimate of drug-likeness (QED) is 0.586. The molecule has 0 bridgehead atoms. The summed E-state index contributed by atoms with van der Waals surface area (Å²) in [5, 5.41) is 4.65. The van der Waals surface area contributed by atoms with Gasteiger partial charge >= 0.3 is 12.0 Å². The Bertz CT molecular complexity index is 1000. The molecule has 3 amide bonds. The monoisotopic (exact) mass is 402 g/mol. The molecule has 6 heteroatoms. The Balaban J connectivity index is 1.50. The minimum absolute atomic E-state index is 0.412. The Morgan fingerprint density at radius 1 is 0.733 bits per heavy atom. The van der Waals surface area contributed by atoms with Crippen LogP contribution in [-0.4, -0.2) is 24.5 Å². The third-order valence-corrected chi connectivity index (χ3v) is 4.38. The van der Waals surface area contributed by atoms with Gasteiger partial charge in [-0.3, -0.25) is 10.1 Å². The second-order valence-electron chi connectivity index (χ2n) is 6.59. The van der Waals surface area contributed by atoms with Gasteiger partial charge in [0.15, 0.2) is 6.61 Å². The van der Waals surface area contributed by atoms with Crippen LogP contribution in [-0.2, 0) is 22.4 Å². The fourth-order valence-electron chi connectivity index (χ4n) is 2.92. The number of carbonyl (C=O) groups is 3. The molecule has 3 aromatic rings. The topological polar surface area (TPSA) is 84.5 Å². The molecule has 3 rings (SSSR count). The van der Waals surface area contributed by atoms with Gasteiger partial charge in [0.1, 0.15) is 0 Å². The Morgan fingerprint density at radius 3 is 2.10 bits per heavy atom. The summed E-state index contributed by atoms with van der Waals surface area (Å²) in [6, 6.07) is 25.1. The van der Waals surface area contributed by atoms with Crippen LogP contribution in [0.1, 0.15) is 21.5 Å². The molecule has 0 heterocycles. The van der Waals surface area contributed by atoms with E-state index in [9.17, 15) is 14.4 Å². The van der Waals surface area contributed by atoms with E-state index in [-0.39, 0.29) is 0 Å². The number of esters is 1. The summed E-state index contributed by atoms with van der Waals surface area (Å²) in [6.07, 6.45) is 1.45. The molecule has 0 aliphatic carbocycles. The summed E-state index contributed by atoms with van der Waals surface area (Å²) in [5.41, 5.74) is 2.97. The molecule has 0 saturated carbocycles. The molecule has 152 valence electrons. The number of carbonyl (C=O) groups excluding carboxylic acids is 3. The molecular formula is C24H22N2O4. The number of benzene rings is 3. The second kappa shape index (κ2) is 10.6. The number of hydrogen-bond donors (Lipinski definition) is 2. The normalized spacial score (nSPS) is 10.1. The van der Waals surface area contributed by atoms with E-state index in [0.29, 0.717) is 17.7 Å². The van der Waals surface area contributed by atoms with Gasteiger partial charge < -0.3 is 10.1 Å². The summed E-state index contributed by atoms with van der Waals surface area (Å²) >= 11 is 0. The maximum Gasteiger partial charge on any atom is 0.338 e. The molecule has 2 N–H and O–H groups in total. The lowest BCUT2D eigenvalue weighted by Crippen LogP contribution is -2.37. The number of aryl methyl sites for hydroxylation is 2. The lowest BCUT2D eigenvalue weighted by Gasteiger charge is -2.10. The van der Waals surface area contributed by atoms with Crippen molar-refractivity contribution in [1.29, 1.82) is 0 Å². The van der Waals surface area contributed by atoms with Crippen LogP contribution >= 0.6 is 0 Å². The van der Waals surface area contributed by atoms with Gasteiger partial charge in [-0.25, -0.2) is 9.59 Å². The fraction of sp³-hybridized carbons (Fsp3) is 0.125. The molecule has 3 aromatic carbocycles. The SMILES string of the molecule is O=C(COC(=O)c1ccccc1CCc1ccccc1)NC(=O)Nc1ccccc1. The first-order chi connectivity index (χ1) is 14.6. The number of anilines is 1. The number of nitrogens with one attached hydrogen (secondary N) is 2. The summed E-state index contributed by atoms with van der Waals surface area (Å²) < 4.78 is 5.10. The van der Waals surface area contributed by atoms with E-state index in [1.165, 1.54) is 5.56 Å². The molecule has 0 fully saturated rings. The number of hydrogen-bond acceptors (Lipinski definition) is 4. The van der Waals surface area contributed by atoms with E-state index in [1.807, 2.05) is 48.5 Å². The van der Waals surface area contributed by atoms with Gasteiger partial charge in [0.2, 0.25) is 0 Å². The highest BCUT2D eigenvalue weighted by Gasteiger charge is 2.15. The van der Waals surface area contributed by atoms with Gasteiger partial charge in [0, 0.05) is 5.69 Å². The molecule has 0 radical (unpaired) electrons. The van der Waals surface area contributed by atoms with Crippen molar-refractivity contribution in [3.8, 4) is 0 Å². The van der Waals surface area contributed by atoms with Crippen molar-refractivity contribution in [3.05, 3.63) is 102 Å². The largest absolute Gasteiger partial charge is 0.452 e. The van der Waals surface area contributed by atoms with Crippen LogP contribution in [0.2, 0.25) is 0 Å². The number of rotatable bonds is 7. The summed E-state index contributed by atoms with van der Waals surface area (Å²) in [4.78, 5) is 36.2. The van der Waals surface area contributed by atoms with Gasteiger partial charge in [0.05, 0.1) is 5.56 Å². The minimum atomic E-state index is -0.710. The Hall–Kier alpha value is -3.93.